The van der Waals surface area contributed by atoms with Crippen LogP contribution < -0.4 is 0 Å². The van der Waals surface area contributed by atoms with Gasteiger partial charge in [0.05, 0.1) is 0 Å². The highest BCUT2D eigenvalue weighted by Crippen LogP contribution is 2.30. The Bertz CT molecular complexity index is 333. The Kier molecular flexibility index (Phi) is 5.26. The maximum Gasteiger partial charge on any atom is 0.171 e. The zero-order chi connectivity index (χ0) is 12.2. The van der Waals surface area contributed by atoms with Crippen LogP contribution in [0.1, 0.15) is 44.7 Å². The summed E-state index contributed by atoms with van der Waals surface area (Å²) >= 11 is 0. The molecule has 0 spiro atoms. The molecule has 1 aromatic rings. The van der Waals surface area contributed by atoms with Crippen LogP contribution in [0.3, 0.4) is 0 Å². The van der Waals surface area contributed by atoms with Gasteiger partial charge in [-0.25, -0.2) is 8.78 Å². The van der Waals surface area contributed by atoms with Crippen LogP contribution in [0.5, 0.6) is 5.75 Å². The molecule has 0 aliphatic carbocycles. The number of phenols is 1. The number of rotatable bonds is 1. The summed E-state index contributed by atoms with van der Waals surface area (Å²) in [7, 11) is 0. The molecular weight excluding hydrogens is 198 g/mol. The third-order valence-corrected chi connectivity index (χ3v) is 2.00. The van der Waals surface area contributed by atoms with Crippen LogP contribution in [0.15, 0.2) is 6.07 Å². The maximum atomic E-state index is 13.3. The molecule has 1 nitrogen and oxygen atoms in total. The molecule has 0 amide bonds. The molecule has 1 aromatic carbocycles. The van der Waals surface area contributed by atoms with Gasteiger partial charge < -0.3 is 5.11 Å². The van der Waals surface area contributed by atoms with Crippen molar-refractivity contribution in [3.8, 4) is 5.75 Å². The summed E-state index contributed by atoms with van der Waals surface area (Å²) in [5.74, 6) is -2.16. The van der Waals surface area contributed by atoms with Crippen LogP contribution in [0.2, 0.25) is 0 Å². The van der Waals surface area contributed by atoms with Crippen LogP contribution in [0, 0.1) is 18.6 Å². The van der Waals surface area contributed by atoms with Gasteiger partial charge >= 0.3 is 0 Å². The third-order valence-electron chi connectivity index (χ3n) is 2.00. The van der Waals surface area contributed by atoms with E-state index in [1.165, 1.54) is 6.92 Å². The quantitative estimate of drug-likeness (QED) is 0.748. The van der Waals surface area contributed by atoms with Gasteiger partial charge in [-0.15, -0.1) is 0 Å². The molecule has 0 unspecified atom stereocenters. The molecule has 0 bridgehead atoms. The Hall–Kier alpha value is -1.12. The van der Waals surface area contributed by atoms with Crippen molar-refractivity contribution in [1.29, 1.82) is 0 Å². The van der Waals surface area contributed by atoms with E-state index in [1.807, 2.05) is 13.8 Å². The van der Waals surface area contributed by atoms with Gasteiger partial charge in [-0.2, -0.15) is 0 Å². The zero-order valence-corrected chi connectivity index (χ0v) is 9.86. The molecule has 0 saturated carbocycles. The predicted molar refractivity (Wildman–Crippen MR) is 58.2 cm³/mol. The highest BCUT2D eigenvalue weighted by Gasteiger charge is 2.18. The van der Waals surface area contributed by atoms with Gasteiger partial charge in [0.2, 0.25) is 0 Å². The van der Waals surface area contributed by atoms with E-state index in [4.69, 9.17) is 0 Å². The van der Waals surface area contributed by atoms with Crippen molar-refractivity contribution in [2.45, 2.75) is 40.5 Å². The number of halogens is 2. The summed E-state index contributed by atoms with van der Waals surface area (Å²) in [6.07, 6.45) is 0. The summed E-state index contributed by atoms with van der Waals surface area (Å²) in [6, 6.07) is 1.15. The number of benzene rings is 1. The van der Waals surface area contributed by atoms with E-state index >= 15 is 0 Å². The highest BCUT2D eigenvalue weighted by atomic mass is 19.1. The molecule has 15 heavy (non-hydrogen) atoms. The van der Waals surface area contributed by atoms with E-state index in [9.17, 15) is 13.9 Å². The van der Waals surface area contributed by atoms with Crippen LogP contribution in [-0.4, -0.2) is 5.11 Å². The lowest BCUT2D eigenvalue weighted by Gasteiger charge is -2.11. The average molecular weight is 216 g/mol. The largest absolute Gasteiger partial charge is 0.505 e. The Morgan fingerprint density at radius 1 is 1.20 bits per heavy atom. The fraction of sp³-hybridized carbons (Fsp3) is 0.500. The van der Waals surface area contributed by atoms with E-state index in [-0.39, 0.29) is 17.0 Å². The van der Waals surface area contributed by atoms with Crippen molar-refractivity contribution < 1.29 is 13.9 Å². The average Bonchev–Trinajstić information content (AvgIpc) is 2.17. The number of aromatic hydroxyl groups is 1. The van der Waals surface area contributed by atoms with Crippen LogP contribution in [0.25, 0.3) is 0 Å². The molecule has 0 saturated heterocycles. The first-order chi connectivity index (χ1) is 6.95. The Labute approximate surface area is 89.8 Å². The van der Waals surface area contributed by atoms with Gasteiger partial charge in [-0.3, -0.25) is 0 Å². The lowest BCUT2D eigenvalue weighted by Crippen LogP contribution is -1.99. The van der Waals surface area contributed by atoms with E-state index in [0.29, 0.717) is 0 Å². The van der Waals surface area contributed by atoms with Crippen molar-refractivity contribution in [3.05, 3.63) is 28.8 Å². The lowest BCUT2D eigenvalue weighted by atomic mass is 9.99. The van der Waals surface area contributed by atoms with Gasteiger partial charge in [0, 0.05) is 5.56 Å². The normalized spacial score (nSPS) is 9.87. The first-order valence-electron chi connectivity index (χ1n) is 5.12. The number of aryl methyl sites for hydroxylation is 1. The van der Waals surface area contributed by atoms with Gasteiger partial charge in [-0.05, 0) is 24.5 Å². The molecule has 1 rings (SSSR count). The Balaban J connectivity index is 0.000000921. The fourth-order valence-electron chi connectivity index (χ4n) is 1.27. The first-order valence-corrected chi connectivity index (χ1v) is 5.12. The highest BCUT2D eigenvalue weighted by molar-refractivity contribution is 5.39. The van der Waals surface area contributed by atoms with Gasteiger partial charge in [0.25, 0.3) is 0 Å². The smallest absolute Gasteiger partial charge is 0.171 e. The van der Waals surface area contributed by atoms with Crippen LogP contribution in [-0.2, 0) is 0 Å². The second kappa shape index (κ2) is 5.69. The first kappa shape index (κ1) is 13.9. The minimum atomic E-state index is -0.840. The molecule has 0 atom stereocenters. The summed E-state index contributed by atoms with van der Waals surface area (Å²) in [5.41, 5.74) is 0.169. The molecule has 0 aromatic heterocycles. The molecule has 0 aliphatic rings. The monoisotopic (exact) mass is 216 g/mol. The second-order valence-corrected chi connectivity index (χ2v) is 3.41. The number of phenolic OH excluding ortho intramolecular Hbond substituents is 1. The van der Waals surface area contributed by atoms with Crippen molar-refractivity contribution in [1.82, 2.24) is 0 Å². The molecule has 3 heteroatoms. The topological polar surface area (TPSA) is 20.2 Å². The van der Waals surface area contributed by atoms with Gasteiger partial charge in [-0.1, -0.05) is 27.7 Å². The molecule has 1 N–H and O–H groups in total. The standard InChI is InChI=1S/C10H12F2O.C2H6/c1-5(2)8-7(11)4-6(3)10(13)9(8)12;1-2/h4-5,13H,1-3H3;1-2H3. The molecular formula is C12H18F2O. The third kappa shape index (κ3) is 2.91. The summed E-state index contributed by atoms with van der Waals surface area (Å²) < 4.78 is 26.5. The van der Waals surface area contributed by atoms with E-state index < -0.39 is 17.4 Å². The minimum Gasteiger partial charge on any atom is -0.505 e. The minimum absolute atomic E-state index is 0.0527. The summed E-state index contributed by atoms with van der Waals surface area (Å²) in [4.78, 5) is 0. The van der Waals surface area contributed by atoms with Gasteiger partial charge in [0.1, 0.15) is 5.82 Å². The van der Waals surface area contributed by atoms with Crippen molar-refractivity contribution in [2.75, 3.05) is 0 Å². The maximum absolute atomic E-state index is 13.3. The van der Waals surface area contributed by atoms with E-state index in [0.717, 1.165) is 6.07 Å². The molecule has 86 valence electrons. The van der Waals surface area contributed by atoms with Gasteiger partial charge in [0.15, 0.2) is 11.6 Å². The number of hydrogen-bond acceptors (Lipinski definition) is 1. The zero-order valence-electron chi connectivity index (χ0n) is 9.86. The molecule has 0 heterocycles. The molecule has 0 fully saturated rings. The predicted octanol–water partition coefficient (Wildman–Crippen LogP) is 4.13. The van der Waals surface area contributed by atoms with Crippen LogP contribution in [0.4, 0.5) is 8.78 Å². The second-order valence-electron chi connectivity index (χ2n) is 3.41. The van der Waals surface area contributed by atoms with Crippen molar-refractivity contribution in [2.24, 2.45) is 0 Å². The Morgan fingerprint density at radius 2 is 1.67 bits per heavy atom. The lowest BCUT2D eigenvalue weighted by molar-refractivity contribution is 0.415. The summed E-state index contributed by atoms with van der Waals surface area (Å²) in [6.45, 7) is 8.82. The van der Waals surface area contributed by atoms with Crippen molar-refractivity contribution in [3.63, 3.8) is 0 Å². The summed E-state index contributed by atoms with van der Waals surface area (Å²) in [5, 5.41) is 9.22. The van der Waals surface area contributed by atoms with E-state index in [1.54, 1.807) is 13.8 Å². The fourth-order valence-corrected chi connectivity index (χ4v) is 1.27. The SMILES string of the molecule is CC.Cc1cc(F)c(C(C)C)c(F)c1O. The molecule has 0 aliphatic heterocycles. The van der Waals surface area contributed by atoms with Crippen LogP contribution >= 0.6 is 0 Å². The number of hydrogen-bond donors (Lipinski definition) is 1. The van der Waals surface area contributed by atoms with Crippen molar-refractivity contribution >= 4 is 0 Å². The Morgan fingerprint density at radius 3 is 2.07 bits per heavy atom. The molecule has 0 radical (unpaired) electrons. The van der Waals surface area contributed by atoms with E-state index in [2.05, 4.69) is 0 Å².